The van der Waals surface area contributed by atoms with Gasteiger partial charge in [-0.25, -0.2) is 4.39 Å². The first kappa shape index (κ1) is 16.0. The topological polar surface area (TPSA) is 49.3 Å². The van der Waals surface area contributed by atoms with Crippen LogP contribution in [0.15, 0.2) is 24.3 Å². The molecule has 1 atom stereocenters. The number of hydrogen-bond acceptors (Lipinski definition) is 2. The maximum Gasteiger partial charge on any atom is 0.227 e. The second-order valence-corrected chi connectivity index (χ2v) is 6.13. The Bertz CT molecular complexity index is 481. The Hall–Kier alpha value is -1.42. The predicted molar refractivity (Wildman–Crippen MR) is 80.5 cm³/mol. The van der Waals surface area contributed by atoms with Crippen LogP contribution in [-0.2, 0) is 4.79 Å². The van der Waals surface area contributed by atoms with Gasteiger partial charge in [0.15, 0.2) is 0 Å². The summed E-state index contributed by atoms with van der Waals surface area (Å²) in [6.07, 6.45) is 5.78. The van der Waals surface area contributed by atoms with Gasteiger partial charge in [-0.2, -0.15) is 0 Å². The molecule has 1 saturated carbocycles. The molecule has 2 N–H and O–H groups in total. The van der Waals surface area contributed by atoms with Crippen LogP contribution in [0.4, 0.5) is 4.39 Å². The maximum absolute atomic E-state index is 13.2. The molecule has 1 aliphatic rings. The van der Waals surface area contributed by atoms with E-state index >= 15 is 0 Å². The zero-order valence-electron chi connectivity index (χ0n) is 12.6. The van der Waals surface area contributed by atoms with Crippen LogP contribution in [0, 0.1) is 5.82 Å². The molecular weight excluding hydrogens is 269 g/mol. The molecule has 0 saturated heterocycles. The quantitative estimate of drug-likeness (QED) is 0.838. The van der Waals surface area contributed by atoms with Gasteiger partial charge in [-0.1, -0.05) is 37.8 Å². The van der Waals surface area contributed by atoms with Crippen molar-refractivity contribution in [3.05, 3.63) is 35.6 Å². The lowest BCUT2D eigenvalue weighted by atomic mass is 9.93. The van der Waals surface area contributed by atoms with E-state index in [1.54, 1.807) is 19.1 Å². The molecule has 1 aliphatic carbocycles. The molecule has 0 aliphatic heterocycles. The van der Waals surface area contributed by atoms with E-state index in [9.17, 15) is 14.3 Å². The third-order valence-corrected chi connectivity index (χ3v) is 4.37. The second kappa shape index (κ2) is 7.03. The van der Waals surface area contributed by atoms with Crippen LogP contribution in [0.5, 0.6) is 0 Å². The lowest BCUT2D eigenvalue weighted by Gasteiger charge is -2.27. The van der Waals surface area contributed by atoms with E-state index in [-0.39, 0.29) is 18.3 Å². The molecule has 3 nitrogen and oxygen atoms in total. The van der Waals surface area contributed by atoms with Crippen LogP contribution in [-0.4, -0.2) is 23.2 Å². The lowest BCUT2D eigenvalue weighted by molar-refractivity contribution is -0.123. The molecule has 1 aromatic rings. The first-order chi connectivity index (χ1) is 10.0. The van der Waals surface area contributed by atoms with Crippen LogP contribution >= 0.6 is 0 Å². The molecule has 0 heterocycles. The average Bonchev–Trinajstić information content (AvgIpc) is 2.69. The smallest absolute Gasteiger partial charge is 0.227 e. The normalized spacial score (nSPS) is 19.6. The Balaban J connectivity index is 1.91. The molecule has 1 unspecified atom stereocenters. The Morgan fingerprint density at radius 1 is 1.33 bits per heavy atom. The average molecular weight is 293 g/mol. The van der Waals surface area contributed by atoms with Crippen LogP contribution in [0.3, 0.4) is 0 Å². The van der Waals surface area contributed by atoms with Gasteiger partial charge in [-0.3, -0.25) is 4.79 Å². The van der Waals surface area contributed by atoms with Gasteiger partial charge in [0.05, 0.1) is 11.5 Å². The fourth-order valence-electron chi connectivity index (χ4n) is 2.90. The van der Waals surface area contributed by atoms with Gasteiger partial charge in [0.2, 0.25) is 5.91 Å². The van der Waals surface area contributed by atoms with Crippen molar-refractivity contribution in [1.29, 1.82) is 0 Å². The molecule has 0 aromatic heterocycles. The monoisotopic (exact) mass is 293 g/mol. The lowest BCUT2D eigenvalue weighted by Crippen LogP contribution is -2.43. The molecule has 1 fully saturated rings. The Morgan fingerprint density at radius 2 is 2.00 bits per heavy atom. The fourth-order valence-corrected chi connectivity index (χ4v) is 2.90. The van der Waals surface area contributed by atoms with E-state index in [1.807, 2.05) is 0 Å². The van der Waals surface area contributed by atoms with Crippen molar-refractivity contribution in [1.82, 2.24) is 5.32 Å². The molecule has 0 radical (unpaired) electrons. The minimum atomic E-state index is -0.784. The van der Waals surface area contributed by atoms with Gasteiger partial charge in [-0.05, 0) is 37.5 Å². The van der Waals surface area contributed by atoms with E-state index in [1.165, 1.54) is 12.1 Å². The molecule has 0 bridgehead atoms. The van der Waals surface area contributed by atoms with E-state index in [0.29, 0.717) is 5.56 Å². The van der Waals surface area contributed by atoms with Crippen molar-refractivity contribution < 1.29 is 14.3 Å². The second-order valence-electron chi connectivity index (χ2n) is 6.13. The number of amides is 1. The number of carbonyl (C=O) groups is 1. The maximum atomic E-state index is 13.2. The third kappa shape index (κ3) is 4.53. The third-order valence-electron chi connectivity index (χ3n) is 4.37. The van der Waals surface area contributed by atoms with E-state index < -0.39 is 11.5 Å². The zero-order chi connectivity index (χ0) is 15.3. The van der Waals surface area contributed by atoms with Crippen LogP contribution in [0.2, 0.25) is 0 Å². The highest BCUT2D eigenvalue weighted by molar-refractivity contribution is 5.83. The molecule has 116 valence electrons. The molecule has 1 amide bonds. The summed E-state index contributed by atoms with van der Waals surface area (Å²) in [6, 6.07) is 6.09. The summed E-state index contributed by atoms with van der Waals surface area (Å²) in [5.74, 6) is -0.928. The van der Waals surface area contributed by atoms with Crippen molar-refractivity contribution in [3.63, 3.8) is 0 Å². The van der Waals surface area contributed by atoms with E-state index in [4.69, 9.17) is 0 Å². The summed E-state index contributed by atoms with van der Waals surface area (Å²) in [4.78, 5) is 12.2. The molecular formula is C17H24FNO2. The van der Waals surface area contributed by atoms with Gasteiger partial charge >= 0.3 is 0 Å². The highest BCUT2D eigenvalue weighted by atomic mass is 19.1. The number of carbonyl (C=O) groups excluding carboxylic acids is 1. The summed E-state index contributed by atoms with van der Waals surface area (Å²) >= 11 is 0. The number of halogens is 1. The van der Waals surface area contributed by atoms with Gasteiger partial charge in [-0.15, -0.1) is 0 Å². The molecule has 21 heavy (non-hydrogen) atoms. The van der Waals surface area contributed by atoms with Crippen LogP contribution in [0.25, 0.3) is 0 Å². The number of hydrogen-bond donors (Lipinski definition) is 2. The number of benzene rings is 1. The number of aliphatic hydroxyl groups is 1. The fraction of sp³-hybridized carbons (Fsp3) is 0.588. The molecule has 2 rings (SSSR count). The van der Waals surface area contributed by atoms with Crippen molar-refractivity contribution >= 4 is 5.91 Å². The van der Waals surface area contributed by atoms with Gasteiger partial charge in [0, 0.05) is 6.54 Å². The van der Waals surface area contributed by atoms with Crippen LogP contribution in [0.1, 0.15) is 56.9 Å². The SMILES string of the molecule is CC(C(=O)NCC1(O)CCCCCC1)c1cccc(F)c1. The number of rotatable bonds is 4. The highest BCUT2D eigenvalue weighted by Crippen LogP contribution is 2.26. The van der Waals surface area contributed by atoms with Crippen LogP contribution < -0.4 is 5.32 Å². The largest absolute Gasteiger partial charge is 0.388 e. The summed E-state index contributed by atoms with van der Waals surface area (Å²) in [5.41, 5.74) is -0.131. The predicted octanol–water partition coefficient (Wildman–Crippen LogP) is 3.13. The summed E-state index contributed by atoms with van der Waals surface area (Å²) < 4.78 is 13.2. The summed E-state index contributed by atoms with van der Waals surface area (Å²) in [5, 5.41) is 13.3. The van der Waals surface area contributed by atoms with Gasteiger partial charge < -0.3 is 10.4 Å². The summed E-state index contributed by atoms with van der Waals surface area (Å²) in [6.45, 7) is 2.03. The van der Waals surface area contributed by atoms with Crippen molar-refractivity contribution in [3.8, 4) is 0 Å². The first-order valence-corrected chi connectivity index (χ1v) is 7.76. The van der Waals surface area contributed by atoms with Crippen molar-refractivity contribution in [2.45, 2.75) is 57.0 Å². The molecule has 1 aromatic carbocycles. The molecule has 4 heteroatoms. The Kier molecular flexibility index (Phi) is 5.34. The number of nitrogens with one attached hydrogen (secondary N) is 1. The minimum absolute atomic E-state index is 0.168. The van der Waals surface area contributed by atoms with Crippen molar-refractivity contribution in [2.75, 3.05) is 6.54 Å². The van der Waals surface area contributed by atoms with E-state index in [2.05, 4.69) is 5.32 Å². The van der Waals surface area contributed by atoms with E-state index in [0.717, 1.165) is 38.5 Å². The summed E-state index contributed by atoms with van der Waals surface area (Å²) in [7, 11) is 0. The Morgan fingerprint density at radius 3 is 2.62 bits per heavy atom. The molecule has 0 spiro atoms. The minimum Gasteiger partial charge on any atom is -0.388 e. The standard InChI is InChI=1S/C17H24FNO2/c1-13(14-7-6-8-15(18)11-14)16(20)19-12-17(21)9-4-2-3-5-10-17/h6-8,11,13,21H,2-5,9-10,12H2,1H3,(H,19,20). The first-order valence-electron chi connectivity index (χ1n) is 7.76. The van der Waals surface area contributed by atoms with Gasteiger partial charge in [0.1, 0.15) is 5.82 Å². The van der Waals surface area contributed by atoms with Crippen molar-refractivity contribution in [2.24, 2.45) is 0 Å². The van der Waals surface area contributed by atoms with Gasteiger partial charge in [0.25, 0.3) is 0 Å². The zero-order valence-corrected chi connectivity index (χ0v) is 12.6. The Labute approximate surface area is 125 Å². The highest BCUT2D eigenvalue weighted by Gasteiger charge is 2.29.